The Morgan fingerprint density at radius 3 is 2.39 bits per heavy atom. The first-order valence-corrected chi connectivity index (χ1v) is 20.1. The largest absolute Gasteiger partial charge is 0.481 e. The van der Waals surface area contributed by atoms with Crippen molar-refractivity contribution >= 4 is 11.9 Å². The Hall–Kier alpha value is -2.51. The number of carbonyl (C=O) groups is 2. The van der Waals surface area contributed by atoms with Crippen LogP contribution in [-0.2, 0) is 14.3 Å². The van der Waals surface area contributed by atoms with Gasteiger partial charge in [-0.3, -0.25) is 9.59 Å². The second kappa shape index (κ2) is 13.6. The number of halogens is 3. The molecule has 1 aromatic heterocycles. The topological polar surface area (TPSA) is 142 Å². The van der Waals surface area contributed by atoms with Crippen molar-refractivity contribution in [3.8, 4) is 0 Å². The lowest BCUT2D eigenvalue weighted by Crippen LogP contribution is -2.69. The zero-order valence-corrected chi connectivity index (χ0v) is 34.0. The fourth-order valence-electron chi connectivity index (χ4n) is 12.5. The quantitative estimate of drug-likeness (QED) is 0.209. The summed E-state index contributed by atoms with van der Waals surface area (Å²) in [5, 5.41) is 17.6. The highest BCUT2D eigenvalue weighted by atomic mass is 19.4. The zero-order valence-electron chi connectivity index (χ0n) is 34.0. The van der Waals surface area contributed by atoms with E-state index in [1.807, 2.05) is 26.1 Å². The first-order valence-electron chi connectivity index (χ1n) is 20.1. The number of nitrogens with one attached hydrogen (secondary N) is 1. The second-order valence-corrected chi connectivity index (χ2v) is 19.8. The Bertz CT molecular complexity index is 1640. The Morgan fingerprint density at radius 1 is 1.09 bits per heavy atom. The van der Waals surface area contributed by atoms with Gasteiger partial charge in [0.15, 0.2) is 0 Å². The molecule has 1 saturated heterocycles. The minimum atomic E-state index is -4.59. The predicted octanol–water partition coefficient (Wildman–Crippen LogP) is 7.46. The number of alkyl halides is 3. The van der Waals surface area contributed by atoms with Crippen molar-refractivity contribution in [2.45, 2.75) is 132 Å². The number of aliphatic carboxylic acids is 1. The van der Waals surface area contributed by atoms with E-state index in [4.69, 9.17) is 15.2 Å². The molecule has 5 aliphatic rings. The summed E-state index contributed by atoms with van der Waals surface area (Å²) in [6.07, 6.45) is 3.07. The maximum absolute atomic E-state index is 13.5. The van der Waals surface area contributed by atoms with Crippen molar-refractivity contribution in [1.82, 2.24) is 20.1 Å². The maximum Gasteiger partial charge on any atom is 0.405 e. The summed E-state index contributed by atoms with van der Waals surface area (Å²) in [4.78, 5) is 31.0. The van der Waals surface area contributed by atoms with Crippen molar-refractivity contribution in [3.63, 3.8) is 0 Å². The zero-order chi connectivity index (χ0) is 40.0. The van der Waals surface area contributed by atoms with Gasteiger partial charge in [0, 0.05) is 16.4 Å². The fraction of sp³-hybridized carbons (Fsp3) is 0.854. The van der Waals surface area contributed by atoms with Gasteiger partial charge in [0.05, 0.1) is 37.9 Å². The Balaban J connectivity index is 1.46. The lowest BCUT2D eigenvalue weighted by molar-refractivity contribution is -0.252. The molecule has 0 unspecified atom stereocenters. The predicted molar refractivity (Wildman–Crippen MR) is 198 cm³/mol. The van der Waals surface area contributed by atoms with E-state index in [2.05, 4.69) is 64.6 Å². The average molecular weight is 764 g/mol. The van der Waals surface area contributed by atoms with Crippen molar-refractivity contribution in [2.75, 3.05) is 26.4 Å². The van der Waals surface area contributed by atoms with E-state index in [9.17, 15) is 27.9 Å². The number of rotatable bonds is 10. The van der Waals surface area contributed by atoms with E-state index in [1.165, 1.54) is 16.6 Å². The number of carbonyl (C=O) groups excluding carboxylic acids is 1. The number of hydrogen-bond donors (Lipinski definition) is 3. The van der Waals surface area contributed by atoms with Crippen molar-refractivity contribution in [3.05, 3.63) is 23.8 Å². The van der Waals surface area contributed by atoms with Gasteiger partial charge in [-0.1, -0.05) is 74.0 Å². The van der Waals surface area contributed by atoms with Gasteiger partial charge in [0.25, 0.3) is 5.91 Å². The minimum Gasteiger partial charge on any atom is -0.481 e. The van der Waals surface area contributed by atoms with Crippen LogP contribution in [0.4, 0.5) is 13.2 Å². The molecule has 4 fully saturated rings. The highest BCUT2D eigenvalue weighted by molar-refractivity contribution is 5.90. The number of aromatic nitrogens is 3. The van der Waals surface area contributed by atoms with E-state index < -0.39 is 64.4 Å². The van der Waals surface area contributed by atoms with Crippen LogP contribution >= 0.6 is 0 Å². The van der Waals surface area contributed by atoms with E-state index in [-0.39, 0.29) is 46.9 Å². The van der Waals surface area contributed by atoms with E-state index >= 15 is 0 Å². The maximum atomic E-state index is 13.5. The van der Waals surface area contributed by atoms with E-state index in [1.54, 1.807) is 0 Å². The van der Waals surface area contributed by atoms with Crippen LogP contribution in [-0.4, -0.2) is 75.9 Å². The molecule has 4 N–H and O–H groups in total. The SMILES string of the molecule is CC(C)[C@@H](C)[C@@]1(C)CC[C@]2(C)[C@H]3CC[C@@H]4[C@@]5(COC[C@@]4(C)[C@@H](OC[C@](C)(N)C(C)C)[C@H](n4ncnc4C(=O)NCC(F)(F)F)C5)C3=CC[C@@]2(C)[C@@H]1C(=O)O. The lowest BCUT2D eigenvalue weighted by Gasteiger charge is -2.71. The van der Waals surface area contributed by atoms with Crippen LogP contribution in [0, 0.1) is 62.6 Å². The van der Waals surface area contributed by atoms with E-state index in [0.717, 1.165) is 25.7 Å². The summed E-state index contributed by atoms with van der Waals surface area (Å²) < 4.78 is 54.7. The van der Waals surface area contributed by atoms with Crippen LogP contribution in [0.15, 0.2) is 18.0 Å². The first-order chi connectivity index (χ1) is 24.9. The van der Waals surface area contributed by atoms with Crippen LogP contribution < -0.4 is 11.1 Å². The molecule has 2 bridgehead atoms. The Kier molecular flexibility index (Phi) is 10.3. The van der Waals surface area contributed by atoms with Gasteiger partial charge >= 0.3 is 12.1 Å². The lowest BCUT2D eigenvalue weighted by atomic mass is 9.34. The third-order valence-corrected chi connectivity index (χ3v) is 16.5. The smallest absolute Gasteiger partial charge is 0.405 e. The molecule has 1 amide bonds. The van der Waals surface area contributed by atoms with Crippen LogP contribution in [0.5, 0.6) is 0 Å². The summed E-state index contributed by atoms with van der Waals surface area (Å²) in [5.74, 6) is -1.50. The molecule has 6 rings (SSSR count). The van der Waals surface area contributed by atoms with Crippen LogP contribution in [0.1, 0.15) is 124 Å². The number of hydrogen-bond acceptors (Lipinski definition) is 7. The van der Waals surface area contributed by atoms with Gasteiger partial charge in [0.2, 0.25) is 5.82 Å². The molecule has 1 aliphatic heterocycles. The second-order valence-electron chi connectivity index (χ2n) is 19.8. The number of fused-ring (bicyclic) bond motifs is 3. The van der Waals surface area contributed by atoms with Gasteiger partial charge in [0.1, 0.15) is 12.9 Å². The molecule has 3 saturated carbocycles. The molecule has 0 spiro atoms. The van der Waals surface area contributed by atoms with Crippen molar-refractivity contribution in [2.24, 2.45) is 68.3 Å². The summed E-state index contributed by atoms with van der Waals surface area (Å²) in [7, 11) is 0. The normalized spacial score (nSPS) is 40.9. The molecule has 54 heavy (non-hydrogen) atoms. The fourth-order valence-corrected chi connectivity index (χ4v) is 12.5. The van der Waals surface area contributed by atoms with Crippen molar-refractivity contribution in [1.29, 1.82) is 0 Å². The molecule has 0 radical (unpaired) electrons. The number of nitrogens with zero attached hydrogens (tertiary/aromatic N) is 3. The van der Waals surface area contributed by atoms with Crippen LogP contribution in [0.2, 0.25) is 0 Å². The van der Waals surface area contributed by atoms with Gasteiger partial charge in [-0.25, -0.2) is 9.67 Å². The molecule has 4 aliphatic carbocycles. The summed E-state index contributed by atoms with van der Waals surface area (Å²) >= 11 is 0. The summed E-state index contributed by atoms with van der Waals surface area (Å²) in [6.45, 7) is 21.1. The van der Waals surface area contributed by atoms with Gasteiger partial charge in [-0.05, 0) is 91.3 Å². The number of allylic oxidation sites excluding steroid dienone is 1. The Morgan fingerprint density at radius 2 is 1.78 bits per heavy atom. The molecule has 2 heterocycles. The number of amides is 1. The average Bonchev–Trinajstić information content (AvgIpc) is 3.56. The van der Waals surface area contributed by atoms with E-state index in [0.29, 0.717) is 32.0 Å². The van der Waals surface area contributed by atoms with Crippen LogP contribution in [0.25, 0.3) is 0 Å². The number of nitrogens with two attached hydrogens (primary N) is 1. The minimum absolute atomic E-state index is 0.0949. The highest BCUT2D eigenvalue weighted by Crippen LogP contribution is 2.75. The molecule has 1 aromatic rings. The number of ether oxygens (including phenoxy) is 2. The van der Waals surface area contributed by atoms with Gasteiger partial charge in [-0.2, -0.15) is 18.3 Å². The van der Waals surface area contributed by atoms with Crippen molar-refractivity contribution < 1.29 is 37.3 Å². The summed E-state index contributed by atoms with van der Waals surface area (Å²) in [5.41, 5.74) is 5.14. The van der Waals surface area contributed by atoms with Gasteiger partial charge < -0.3 is 25.6 Å². The third kappa shape index (κ3) is 6.16. The number of carboxylic acid groups (broad SMARTS) is 1. The summed E-state index contributed by atoms with van der Waals surface area (Å²) in [6, 6.07) is -0.568. The molecule has 0 aromatic carbocycles. The molecular formula is C41H64F3N5O5. The first kappa shape index (κ1) is 41.1. The molecule has 12 atom stereocenters. The molecular weight excluding hydrogens is 699 g/mol. The standard InChI is InChI=1S/C41H64F3N5O5/c1-23(2)25(5)35(6)15-16-37(8)26-11-12-29-36(7)19-53-21-40(29,27(26)13-14-38(37,9)30(35)34(51)52)17-28(31(36)54-20-39(10,45)24(3)4)49-32(47-22-48-49)33(50)46-18-41(42,43)44/h13,22-26,28-31H,11-12,14-21,45H2,1-10H3,(H,46,50)(H,51,52)/t25-,26+,28-,29+,30-,31+,35-,36-,37-,38+,39+,40+/m1/s1. The third-order valence-electron chi connectivity index (χ3n) is 16.5. The monoisotopic (exact) mass is 763 g/mol. The Labute approximate surface area is 319 Å². The van der Waals surface area contributed by atoms with Crippen LogP contribution in [0.3, 0.4) is 0 Å². The number of carboxylic acids is 1. The molecule has 10 nitrogen and oxygen atoms in total. The highest BCUT2D eigenvalue weighted by Gasteiger charge is 2.72. The molecule has 304 valence electrons. The molecule has 13 heteroatoms. The van der Waals surface area contributed by atoms with Gasteiger partial charge in [-0.15, -0.1) is 0 Å².